The van der Waals surface area contributed by atoms with Crippen LogP contribution in [0.5, 0.6) is 0 Å². The van der Waals surface area contributed by atoms with E-state index < -0.39 is 5.67 Å². The molecule has 2 rings (SSSR count). The molecule has 0 saturated carbocycles. The van der Waals surface area contributed by atoms with Crippen LogP contribution in [0.2, 0.25) is 5.02 Å². The van der Waals surface area contributed by atoms with Crippen molar-refractivity contribution in [2.24, 2.45) is 5.92 Å². The molecule has 1 aliphatic rings. The van der Waals surface area contributed by atoms with Gasteiger partial charge in [0.05, 0.1) is 0 Å². The van der Waals surface area contributed by atoms with Gasteiger partial charge in [-0.25, -0.2) is 4.39 Å². The van der Waals surface area contributed by atoms with E-state index in [0.717, 1.165) is 25.9 Å². The molecule has 1 aromatic carbocycles. The van der Waals surface area contributed by atoms with Gasteiger partial charge in [-0.3, -0.25) is 0 Å². The topological polar surface area (TPSA) is 12.0 Å². The number of benzene rings is 1. The summed E-state index contributed by atoms with van der Waals surface area (Å²) < 4.78 is 14.8. The van der Waals surface area contributed by atoms with Crippen LogP contribution in [0, 0.1) is 5.92 Å². The van der Waals surface area contributed by atoms with E-state index in [1.54, 1.807) is 19.1 Å². The van der Waals surface area contributed by atoms with Gasteiger partial charge in [0, 0.05) is 5.02 Å². The van der Waals surface area contributed by atoms with Gasteiger partial charge in [-0.05, 0) is 56.5 Å². The largest absolute Gasteiger partial charge is 0.317 e. The predicted octanol–water partition coefficient (Wildman–Crippen LogP) is 3.52. The van der Waals surface area contributed by atoms with Crippen molar-refractivity contribution in [1.82, 2.24) is 5.32 Å². The van der Waals surface area contributed by atoms with Crippen LogP contribution in [0.4, 0.5) is 4.39 Å². The lowest BCUT2D eigenvalue weighted by Gasteiger charge is -2.34. The Kier molecular flexibility index (Phi) is 3.50. The van der Waals surface area contributed by atoms with Crippen molar-refractivity contribution in [1.29, 1.82) is 0 Å². The van der Waals surface area contributed by atoms with Crippen molar-refractivity contribution in [2.45, 2.75) is 25.4 Å². The first-order valence-corrected chi connectivity index (χ1v) is 6.14. The van der Waals surface area contributed by atoms with Crippen LogP contribution in [0.25, 0.3) is 0 Å². The summed E-state index contributed by atoms with van der Waals surface area (Å²) in [5, 5.41) is 3.86. The molecule has 1 fully saturated rings. The average molecular weight is 242 g/mol. The summed E-state index contributed by atoms with van der Waals surface area (Å²) >= 11 is 5.91. The van der Waals surface area contributed by atoms with E-state index >= 15 is 0 Å². The monoisotopic (exact) mass is 241 g/mol. The maximum Gasteiger partial charge on any atom is 0.136 e. The van der Waals surface area contributed by atoms with Crippen molar-refractivity contribution in [2.75, 3.05) is 13.1 Å². The van der Waals surface area contributed by atoms with E-state index in [0.29, 0.717) is 10.6 Å². The molecule has 88 valence electrons. The number of hydrogen-bond acceptors (Lipinski definition) is 1. The smallest absolute Gasteiger partial charge is 0.136 e. The SMILES string of the molecule is CC(F)(c1cccc(Cl)c1)C1CCNCC1. The van der Waals surface area contributed by atoms with Crippen molar-refractivity contribution in [3.05, 3.63) is 34.9 Å². The summed E-state index contributed by atoms with van der Waals surface area (Å²) in [6.07, 6.45) is 1.78. The Morgan fingerprint density at radius 1 is 1.38 bits per heavy atom. The Bertz CT molecular complexity index is 359. The lowest BCUT2D eigenvalue weighted by Crippen LogP contribution is -2.37. The first-order valence-electron chi connectivity index (χ1n) is 5.76. The van der Waals surface area contributed by atoms with E-state index in [1.807, 2.05) is 12.1 Å². The molecular weight excluding hydrogens is 225 g/mol. The molecule has 1 atom stereocenters. The van der Waals surface area contributed by atoms with Crippen LogP contribution in [0.1, 0.15) is 25.3 Å². The predicted molar refractivity (Wildman–Crippen MR) is 65.5 cm³/mol. The first kappa shape index (κ1) is 11.9. The Labute approximate surface area is 101 Å². The molecule has 0 amide bonds. The van der Waals surface area contributed by atoms with Gasteiger partial charge in [-0.15, -0.1) is 0 Å². The summed E-state index contributed by atoms with van der Waals surface area (Å²) in [7, 11) is 0. The summed E-state index contributed by atoms with van der Waals surface area (Å²) in [6, 6.07) is 7.16. The third kappa shape index (κ3) is 2.38. The molecule has 1 saturated heterocycles. The highest BCUT2D eigenvalue weighted by Crippen LogP contribution is 2.39. The summed E-state index contributed by atoms with van der Waals surface area (Å²) in [6.45, 7) is 3.49. The molecule has 0 aliphatic carbocycles. The van der Waals surface area contributed by atoms with Crippen LogP contribution in [0.15, 0.2) is 24.3 Å². The zero-order valence-corrected chi connectivity index (χ0v) is 10.2. The minimum atomic E-state index is -1.27. The fourth-order valence-corrected chi connectivity index (χ4v) is 2.58. The highest BCUT2D eigenvalue weighted by molar-refractivity contribution is 6.30. The molecule has 0 radical (unpaired) electrons. The maximum atomic E-state index is 14.8. The zero-order valence-electron chi connectivity index (χ0n) is 9.47. The molecule has 1 N–H and O–H groups in total. The van der Waals surface area contributed by atoms with Gasteiger partial charge in [-0.1, -0.05) is 23.7 Å². The third-order valence-electron chi connectivity index (χ3n) is 3.49. The highest BCUT2D eigenvalue weighted by Gasteiger charge is 2.36. The van der Waals surface area contributed by atoms with E-state index in [9.17, 15) is 4.39 Å². The lowest BCUT2D eigenvalue weighted by molar-refractivity contribution is 0.0773. The third-order valence-corrected chi connectivity index (χ3v) is 3.73. The first-order chi connectivity index (χ1) is 7.60. The summed E-state index contributed by atoms with van der Waals surface area (Å²) in [5.74, 6) is 0.0900. The number of rotatable bonds is 2. The zero-order chi connectivity index (χ0) is 11.6. The average Bonchev–Trinajstić information content (AvgIpc) is 2.30. The van der Waals surface area contributed by atoms with Gasteiger partial charge in [0.1, 0.15) is 5.67 Å². The van der Waals surface area contributed by atoms with Crippen LogP contribution in [-0.4, -0.2) is 13.1 Å². The fourth-order valence-electron chi connectivity index (χ4n) is 2.39. The minimum Gasteiger partial charge on any atom is -0.317 e. The van der Waals surface area contributed by atoms with Crippen LogP contribution < -0.4 is 5.32 Å². The second-order valence-corrected chi connectivity index (χ2v) is 5.05. The maximum absolute atomic E-state index is 14.8. The summed E-state index contributed by atoms with van der Waals surface area (Å²) in [4.78, 5) is 0. The standard InChI is InChI=1S/C13H17ClFN/c1-13(15,10-5-7-16-8-6-10)11-3-2-4-12(14)9-11/h2-4,9-10,16H,5-8H2,1H3. The lowest BCUT2D eigenvalue weighted by atomic mass is 9.79. The minimum absolute atomic E-state index is 0.0900. The molecule has 0 aromatic heterocycles. The van der Waals surface area contributed by atoms with Gasteiger partial charge < -0.3 is 5.32 Å². The van der Waals surface area contributed by atoms with E-state index in [2.05, 4.69) is 5.32 Å². The van der Waals surface area contributed by atoms with Crippen molar-refractivity contribution in [3.8, 4) is 0 Å². The fraction of sp³-hybridized carbons (Fsp3) is 0.538. The van der Waals surface area contributed by atoms with Gasteiger partial charge in [-0.2, -0.15) is 0 Å². The quantitative estimate of drug-likeness (QED) is 0.836. The van der Waals surface area contributed by atoms with Crippen LogP contribution in [-0.2, 0) is 5.67 Å². The molecule has 1 unspecified atom stereocenters. The molecule has 3 heteroatoms. The number of piperidine rings is 1. The number of halogens is 2. The van der Waals surface area contributed by atoms with E-state index in [-0.39, 0.29) is 5.92 Å². The van der Waals surface area contributed by atoms with Crippen molar-refractivity contribution in [3.63, 3.8) is 0 Å². The Hall–Kier alpha value is -0.600. The van der Waals surface area contributed by atoms with Gasteiger partial charge in [0.15, 0.2) is 0 Å². The Balaban J connectivity index is 2.22. The molecule has 1 heterocycles. The Morgan fingerprint density at radius 2 is 2.06 bits per heavy atom. The molecule has 1 nitrogen and oxygen atoms in total. The molecule has 0 bridgehead atoms. The van der Waals surface area contributed by atoms with E-state index in [1.165, 1.54) is 0 Å². The number of hydrogen-bond donors (Lipinski definition) is 1. The molecule has 0 spiro atoms. The number of alkyl halides is 1. The number of nitrogens with one attached hydrogen (secondary N) is 1. The normalized spacial score (nSPS) is 21.7. The van der Waals surface area contributed by atoms with Crippen LogP contribution >= 0.6 is 11.6 Å². The van der Waals surface area contributed by atoms with E-state index in [4.69, 9.17) is 11.6 Å². The van der Waals surface area contributed by atoms with Crippen molar-refractivity contribution < 1.29 is 4.39 Å². The van der Waals surface area contributed by atoms with Crippen LogP contribution in [0.3, 0.4) is 0 Å². The Morgan fingerprint density at radius 3 is 2.69 bits per heavy atom. The molecule has 16 heavy (non-hydrogen) atoms. The molecule has 1 aromatic rings. The highest BCUT2D eigenvalue weighted by atomic mass is 35.5. The van der Waals surface area contributed by atoms with Gasteiger partial charge in [0.25, 0.3) is 0 Å². The summed E-state index contributed by atoms with van der Waals surface area (Å²) in [5.41, 5.74) is -0.570. The molecule has 1 aliphatic heterocycles. The van der Waals surface area contributed by atoms with Gasteiger partial charge >= 0.3 is 0 Å². The van der Waals surface area contributed by atoms with Crippen molar-refractivity contribution >= 4 is 11.6 Å². The van der Waals surface area contributed by atoms with Gasteiger partial charge in [0.2, 0.25) is 0 Å². The second-order valence-electron chi connectivity index (χ2n) is 4.61. The second kappa shape index (κ2) is 4.72. The molecular formula is C13H17ClFN.